The summed E-state index contributed by atoms with van der Waals surface area (Å²) < 4.78 is 0. The van der Waals surface area contributed by atoms with Gasteiger partial charge in [0.1, 0.15) is 0 Å². The summed E-state index contributed by atoms with van der Waals surface area (Å²) in [5.41, 5.74) is 8.92. The molecule has 3 rings (SSSR count). The molecule has 1 aromatic rings. The van der Waals surface area contributed by atoms with Crippen molar-refractivity contribution in [2.75, 3.05) is 0 Å². The first-order chi connectivity index (χ1) is 9.02. The van der Waals surface area contributed by atoms with Gasteiger partial charge in [0.05, 0.1) is 0 Å². The first kappa shape index (κ1) is 24.6. The minimum Gasteiger partial charge on any atom is -1.00 e. The molecule has 1 atom stereocenters. The smallest absolute Gasteiger partial charge is 1.00 e. The SMILES string of the molecule is C1=CCC2CC[CH-]C2=C1.Cc1c(C)c(C)[c-](C)c1C.[Br-].[Cl-].[Hf+4]. The van der Waals surface area contributed by atoms with Gasteiger partial charge in [0, 0.05) is 0 Å². The van der Waals surface area contributed by atoms with Gasteiger partial charge in [-0.2, -0.15) is 27.8 Å². The van der Waals surface area contributed by atoms with E-state index in [0.29, 0.717) is 0 Å². The number of rotatable bonds is 0. The zero-order chi connectivity index (χ0) is 14.0. The Morgan fingerprint density at radius 2 is 1.64 bits per heavy atom. The van der Waals surface area contributed by atoms with Gasteiger partial charge in [-0.3, -0.25) is 0 Å². The van der Waals surface area contributed by atoms with E-state index in [2.05, 4.69) is 59.3 Å². The Morgan fingerprint density at radius 3 is 2.05 bits per heavy atom. The van der Waals surface area contributed by atoms with Crippen molar-refractivity contribution in [3.05, 3.63) is 58.0 Å². The van der Waals surface area contributed by atoms with Crippen LogP contribution in [0.15, 0.2) is 23.8 Å². The molecule has 0 aromatic heterocycles. The Labute approximate surface area is 172 Å². The van der Waals surface area contributed by atoms with Gasteiger partial charge in [-0.15, -0.1) is 18.6 Å². The van der Waals surface area contributed by atoms with E-state index in [9.17, 15) is 0 Å². The zero-order valence-electron chi connectivity index (χ0n) is 14.3. The molecule has 0 amide bonds. The van der Waals surface area contributed by atoms with E-state index >= 15 is 0 Å². The van der Waals surface area contributed by atoms with Crippen molar-refractivity contribution in [3.8, 4) is 0 Å². The van der Waals surface area contributed by atoms with Crippen LogP contribution in [0.25, 0.3) is 0 Å². The first-order valence-electron chi connectivity index (χ1n) is 7.42. The van der Waals surface area contributed by atoms with E-state index in [1.807, 2.05) is 0 Å². The van der Waals surface area contributed by atoms with E-state index in [1.165, 1.54) is 47.1 Å². The molecule has 0 N–H and O–H groups in total. The molecule has 0 spiro atoms. The average molecular weight is 548 g/mol. The molecule has 2 aliphatic rings. The maximum atomic E-state index is 2.37. The fourth-order valence-corrected chi connectivity index (χ4v) is 3.07. The van der Waals surface area contributed by atoms with Crippen molar-refractivity contribution < 1.29 is 55.2 Å². The molecule has 120 valence electrons. The fraction of sp³-hybridized carbons (Fsp3) is 0.474. The van der Waals surface area contributed by atoms with Crippen LogP contribution in [-0.4, -0.2) is 0 Å². The third kappa shape index (κ3) is 5.46. The summed E-state index contributed by atoms with van der Waals surface area (Å²) in [7, 11) is 0. The quantitative estimate of drug-likeness (QED) is 0.302. The molecule has 0 saturated heterocycles. The molecule has 1 fully saturated rings. The minimum atomic E-state index is 0. The van der Waals surface area contributed by atoms with Crippen molar-refractivity contribution in [2.24, 2.45) is 5.92 Å². The molecule has 22 heavy (non-hydrogen) atoms. The number of hydrogen-bond donors (Lipinski definition) is 0. The Kier molecular flexibility index (Phi) is 12.3. The standard InChI is InChI=1S/C10H15.C9H11.BrH.ClH.Hf/c1-6-7(2)9(4)10(5)8(6)3;1-2-5-9-7-3-6-8(9)4-1;;;/h1-5H3;1-2,4,6,9H,3,5,7H2;2*1H;/q2*-1;;;+4/p-2. The molecule has 2 aliphatic carbocycles. The number of allylic oxidation sites excluding steroid dienone is 4. The third-order valence-corrected chi connectivity index (χ3v) is 5.02. The number of hydrogen-bond acceptors (Lipinski definition) is 0. The van der Waals surface area contributed by atoms with Gasteiger partial charge < -0.3 is 29.4 Å². The Balaban J connectivity index is 0. The number of halogens is 2. The predicted octanol–water partition coefficient (Wildman–Crippen LogP) is -0.560. The van der Waals surface area contributed by atoms with Gasteiger partial charge in [-0.25, -0.2) is 18.1 Å². The van der Waals surface area contributed by atoms with Crippen LogP contribution in [0.1, 0.15) is 47.1 Å². The van der Waals surface area contributed by atoms with Crippen LogP contribution >= 0.6 is 0 Å². The van der Waals surface area contributed by atoms with Crippen molar-refractivity contribution in [3.63, 3.8) is 0 Å². The fourth-order valence-electron chi connectivity index (χ4n) is 3.07. The molecule has 0 aliphatic heterocycles. The van der Waals surface area contributed by atoms with Crippen molar-refractivity contribution >= 4 is 0 Å². The summed E-state index contributed by atoms with van der Waals surface area (Å²) >= 11 is 0. The van der Waals surface area contributed by atoms with Gasteiger partial charge >= 0.3 is 25.8 Å². The second-order valence-corrected chi connectivity index (χ2v) is 5.93. The molecule has 0 bridgehead atoms. The Hall–Kier alpha value is 0.340. The summed E-state index contributed by atoms with van der Waals surface area (Å²) in [5.74, 6) is 0.884. The van der Waals surface area contributed by atoms with Crippen molar-refractivity contribution in [1.82, 2.24) is 0 Å². The predicted molar refractivity (Wildman–Crippen MR) is 84.6 cm³/mol. The Morgan fingerprint density at radius 1 is 1.09 bits per heavy atom. The van der Waals surface area contributed by atoms with E-state index in [1.54, 1.807) is 5.57 Å². The summed E-state index contributed by atoms with van der Waals surface area (Å²) in [5, 5.41) is 0. The molecule has 1 aromatic carbocycles. The third-order valence-electron chi connectivity index (χ3n) is 5.02. The molecular formula is C19H26BrClHf. The van der Waals surface area contributed by atoms with Crippen LogP contribution in [-0.2, 0) is 25.8 Å². The van der Waals surface area contributed by atoms with E-state index in [4.69, 9.17) is 0 Å². The second kappa shape index (κ2) is 11.0. The summed E-state index contributed by atoms with van der Waals surface area (Å²) in [6.07, 6.45) is 13.0. The number of fused-ring (bicyclic) bond motifs is 1. The van der Waals surface area contributed by atoms with E-state index < -0.39 is 0 Å². The molecule has 0 nitrogen and oxygen atoms in total. The minimum absolute atomic E-state index is 0. The van der Waals surface area contributed by atoms with Crippen LogP contribution in [0.5, 0.6) is 0 Å². The van der Waals surface area contributed by atoms with Crippen LogP contribution in [0, 0.1) is 47.0 Å². The first-order valence-corrected chi connectivity index (χ1v) is 7.42. The van der Waals surface area contributed by atoms with Gasteiger partial charge in [-0.1, -0.05) is 41.0 Å². The molecule has 3 heteroatoms. The normalized spacial score (nSPS) is 17.5. The summed E-state index contributed by atoms with van der Waals surface area (Å²) in [6, 6.07) is 0. The van der Waals surface area contributed by atoms with Gasteiger partial charge in [0.2, 0.25) is 0 Å². The maximum Gasteiger partial charge on any atom is 4.00 e. The van der Waals surface area contributed by atoms with Gasteiger partial charge in [0.25, 0.3) is 0 Å². The van der Waals surface area contributed by atoms with Gasteiger partial charge in [-0.05, 0) is 12.3 Å². The van der Waals surface area contributed by atoms with E-state index in [-0.39, 0.29) is 55.2 Å². The van der Waals surface area contributed by atoms with Crippen molar-refractivity contribution in [2.45, 2.75) is 53.9 Å². The average Bonchev–Trinajstić information content (AvgIpc) is 2.97. The zero-order valence-corrected chi connectivity index (χ0v) is 20.2. The van der Waals surface area contributed by atoms with Crippen LogP contribution in [0.4, 0.5) is 0 Å². The molecule has 0 heterocycles. The van der Waals surface area contributed by atoms with Crippen LogP contribution in [0.2, 0.25) is 0 Å². The monoisotopic (exact) mass is 548 g/mol. The summed E-state index contributed by atoms with van der Waals surface area (Å²) in [4.78, 5) is 0. The van der Waals surface area contributed by atoms with E-state index in [0.717, 1.165) is 5.92 Å². The molecule has 1 saturated carbocycles. The second-order valence-electron chi connectivity index (χ2n) is 5.93. The maximum absolute atomic E-state index is 2.37. The molecule has 1 unspecified atom stereocenters. The molecular weight excluding hydrogens is 522 g/mol. The van der Waals surface area contributed by atoms with Gasteiger partial charge in [0.15, 0.2) is 0 Å². The van der Waals surface area contributed by atoms with Crippen molar-refractivity contribution in [1.29, 1.82) is 0 Å². The topological polar surface area (TPSA) is 0 Å². The van der Waals surface area contributed by atoms with Crippen LogP contribution < -0.4 is 29.4 Å². The Bertz CT molecular complexity index is 446. The largest absolute Gasteiger partial charge is 4.00 e. The van der Waals surface area contributed by atoms with Crippen LogP contribution in [0.3, 0.4) is 0 Å². The summed E-state index contributed by atoms with van der Waals surface area (Å²) in [6.45, 7) is 11.0. The molecule has 0 radical (unpaired) electrons.